The fourth-order valence-electron chi connectivity index (χ4n) is 3.44. The minimum absolute atomic E-state index is 0.125. The highest BCUT2D eigenvalue weighted by molar-refractivity contribution is 6.30. The van der Waals surface area contributed by atoms with Gasteiger partial charge in [0, 0.05) is 33.6 Å². The Hall–Kier alpha value is -4.41. The van der Waals surface area contributed by atoms with E-state index < -0.39 is 17.8 Å². The number of halogens is 2. The van der Waals surface area contributed by atoms with Crippen LogP contribution in [0.2, 0.25) is 5.02 Å². The van der Waals surface area contributed by atoms with Gasteiger partial charge in [-0.3, -0.25) is 4.79 Å². The van der Waals surface area contributed by atoms with Gasteiger partial charge >= 0.3 is 0 Å². The summed E-state index contributed by atoms with van der Waals surface area (Å²) in [6.07, 6.45) is 1.56. The van der Waals surface area contributed by atoms with Crippen LogP contribution in [0.25, 0.3) is 0 Å². The van der Waals surface area contributed by atoms with E-state index in [9.17, 15) is 14.3 Å². The summed E-state index contributed by atoms with van der Waals surface area (Å²) in [5.41, 5.74) is 8.37. The molecule has 0 saturated carbocycles. The lowest BCUT2D eigenvalue weighted by Gasteiger charge is -2.21. The second-order valence-corrected chi connectivity index (χ2v) is 8.20. The average Bonchev–Trinajstić information content (AvgIpc) is 2.84. The SMILES string of the molecule is Cc1cc(C#Cc2ccc(N)nc2)cc(C(=O)NC(c2ccc(Cl)cc2)c2cc(F)ccc2O)n1. The Kier molecular flexibility index (Phi) is 6.95. The van der Waals surface area contributed by atoms with E-state index in [4.69, 9.17) is 17.3 Å². The highest BCUT2D eigenvalue weighted by atomic mass is 35.5. The zero-order valence-corrected chi connectivity index (χ0v) is 19.3. The third-order valence-corrected chi connectivity index (χ3v) is 5.35. The molecular weight excluding hydrogens is 467 g/mol. The number of nitrogens with zero attached hydrogens (tertiary/aromatic N) is 2. The number of nitrogens with two attached hydrogens (primary N) is 1. The van der Waals surface area contributed by atoms with Gasteiger partial charge in [-0.05, 0) is 67.1 Å². The number of pyridine rings is 2. The first kappa shape index (κ1) is 23.7. The second-order valence-electron chi connectivity index (χ2n) is 7.77. The van der Waals surface area contributed by atoms with Gasteiger partial charge in [0.1, 0.15) is 23.1 Å². The molecule has 0 aliphatic rings. The summed E-state index contributed by atoms with van der Waals surface area (Å²) in [4.78, 5) is 21.6. The van der Waals surface area contributed by atoms with Crippen molar-refractivity contribution in [3.05, 3.63) is 117 Å². The molecule has 4 aromatic rings. The van der Waals surface area contributed by atoms with Crippen molar-refractivity contribution in [1.82, 2.24) is 15.3 Å². The monoisotopic (exact) mass is 486 g/mol. The van der Waals surface area contributed by atoms with Gasteiger partial charge in [0.2, 0.25) is 0 Å². The number of aromatic hydroxyl groups is 1. The summed E-state index contributed by atoms with van der Waals surface area (Å²) < 4.78 is 14.0. The number of benzene rings is 2. The molecule has 0 saturated heterocycles. The Balaban J connectivity index is 1.67. The van der Waals surface area contributed by atoms with Crippen LogP contribution < -0.4 is 11.1 Å². The van der Waals surface area contributed by atoms with Crippen molar-refractivity contribution in [2.75, 3.05) is 5.73 Å². The van der Waals surface area contributed by atoms with Crippen molar-refractivity contribution in [2.45, 2.75) is 13.0 Å². The third-order valence-electron chi connectivity index (χ3n) is 5.10. The molecule has 1 atom stereocenters. The maximum atomic E-state index is 14.0. The number of rotatable bonds is 4. The number of aryl methyl sites for hydroxylation is 1. The highest BCUT2D eigenvalue weighted by Gasteiger charge is 2.22. The molecule has 2 aromatic heterocycles. The summed E-state index contributed by atoms with van der Waals surface area (Å²) in [6.45, 7) is 1.75. The average molecular weight is 487 g/mol. The van der Waals surface area contributed by atoms with Gasteiger partial charge in [-0.15, -0.1) is 0 Å². The number of phenolic OH excluding ortho intramolecular Hbond substituents is 1. The molecule has 2 aromatic carbocycles. The van der Waals surface area contributed by atoms with Crippen molar-refractivity contribution in [3.63, 3.8) is 0 Å². The lowest BCUT2D eigenvalue weighted by molar-refractivity contribution is 0.0937. The molecule has 2 heterocycles. The van der Waals surface area contributed by atoms with Crippen molar-refractivity contribution in [2.24, 2.45) is 0 Å². The molecule has 174 valence electrons. The van der Waals surface area contributed by atoms with E-state index in [2.05, 4.69) is 27.1 Å². The molecule has 6 nitrogen and oxygen atoms in total. The topological polar surface area (TPSA) is 101 Å². The summed E-state index contributed by atoms with van der Waals surface area (Å²) in [5, 5.41) is 13.7. The summed E-state index contributed by atoms with van der Waals surface area (Å²) in [5.74, 6) is 5.15. The molecule has 35 heavy (non-hydrogen) atoms. The van der Waals surface area contributed by atoms with Crippen molar-refractivity contribution < 1.29 is 14.3 Å². The van der Waals surface area contributed by atoms with Crippen molar-refractivity contribution >= 4 is 23.3 Å². The molecule has 0 radical (unpaired) electrons. The van der Waals surface area contributed by atoms with Crippen LogP contribution in [0.5, 0.6) is 5.75 Å². The first-order valence-electron chi connectivity index (χ1n) is 10.6. The molecule has 4 N–H and O–H groups in total. The predicted molar refractivity (Wildman–Crippen MR) is 132 cm³/mol. The number of phenols is 1. The molecule has 4 rings (SSSR count). The number of hydrogen-bond acceptors (Lipinski definition) is 5. The van der Waals surface area contributed by atoms with E-state index in [0.29, 0.717) is 33.2 Å². The van der Waals surface area contributed by atoms with Crippen molar-refractivity contribution in [1.29, 1.82) is 0 Å². The molecule has 1 amide bonds. The number of nitrogens with one attached hydrogen (secondary N) is 1. The Bertz CT molecular complexity index is 1450. The molecular formula is C27H20ClFN4O2. The lowest BCUT2D eigenvalue weighted by atomic mass is 9.97. The smallest absolute Gasteiger partial charge is 0.270 e. The third kappa shape index (κ3) is 5.94. The van der Waals surface area contributed by atoms with E-state index in [1.807, 2.05) is 0 Å². The lowest BCUT2D eigenvalue weighted by Crippen LogP contribution is -2.30. The van der Waals surface area contributed by atoms with E-state index >= 15 is 0 Å². The fraction of sp³-hybridized carbons (Fsp3) is 0.0741. The van der Waals surface area contributed by atoms with Crippen LogP contribution in [0.3, 0.4) is 0 Å². The fourth-order valence-corrected chi connectivity index (χ4v) is 3.56. The number of carbonyl (C=O) groups excluding carboxylic acids is 1. The van der Waals surface area contributed by atoms with Crippen LogP contribution in [-0.2, 0) is 0 Å². The molecule has 1 unspecified atom stereocenters. The van der Waals surface area contributed by atoms with Crippen LogP contribution in [0, 0.1) is 24.6 Å². The zero-order chi connectivity index (χ0) is 24.9. The number of carbonyl (C=O) groups is 1. The normalized spacial score (nSPS) is 11.3. The Morgan fingerprint density at radius 3 is 2.51 bits per heavy atom. The first-order valence-corrected chi connectivity index (χ1v) is 10.9. The molecule has 0 aliphatic heterocycles. The highest BCUT2D eigenvalue weighted by Crippen LogP contribution is 2.31. The van der Waals surface area contributed by atoms with E-state index in [1.165, 1.54) is 12.1 Å². The minimum atomic E-state index is -0.854. The Labute approximate surface area is 206 Å². The Morgan fingerprint density at radius 2 is 1.80 bits per heavy atom. The van der Waals surface area contributed by atoms with Gasteiger partial charge in [0.15, 0.2) is 0 Å². The number of hydrogen-bond donors (Lipinski definition) is 3. The van der Waals surface area contributed by atoms with Gasteiger partial charge in [-0.25, -0.2) is 14.4 Å². The number of anilines is 1. The van der Waals surface area contributed by atoms with Crippen molar-refractivity contribution in [3.8, 4) is 17.6 Å². The van der Waals surface area contributed by atoms with Gasteiger partial charge < -0.3 is 16.2 Å². The van der Waals surface area contributed by atoms with E-state index in [0.717, 1.165) is 6.07 Å². The molecule has 0 bridgehead atoms. The van der Waals surface area contributed by atoms with Gasteiger partial charge in [-0.2, -0.15) is 0 Å². The van der Waals surface area contributed by atoms with Gasteiger partial charge in [0.25, 0.3) is 5.91 Å². The van der Waals surface area contributed by atoms with E-state index in [-0.39, 0.29) is 17.0 Å². The molecule has 0 fully saturated rings. The summed E-state index contributed by atoms with van der Waals surface area (Å²) >= 11 is 6.01. The molecule has 0 spiro atoms. The van der Waals surface area contributed by atoms with Crippen LogP contribution in [-0.4, -0.2) is 21.0 Å². The second kappa shape index (κ2) is 10.2. The first-order chi connectivity index (χ1) is 16.8. The molecule has 0 aliphatic carbocycles. The van der Waals surface area contributed by atoms with Gasteiger partial charge in [-0.1, -0.05) is 35.6 Å². The summed E-state index contributed by atoms with van der Waals surface area (Å²) in [7, 11) is 0. The number of amides is 1. The maximum Gasteiger partial charge on any atom is 0.270 e. The predicted octanol–water partition coefficient (Wildman–Crippen LogP) is 4.78. The minimum Gasteiger partial charge on any atom is -0.508 e. The van der Waals surface area contributed by atoms with Crippen LogP contribution in [0.4, 0.5) is 10.2 Å². The van der Waals surface area contributed by atoms with Gasteiger partial charge in [0.05, 0.1) is 6.04 Å². The zero-order valence-electron chi connectivity index (χ0n) is 18.6. The Morgan fingerprint density at radius 1 is 1.06 bits per heavy atom. The summed E-state index contributed by atoms with van der Waals surface area (Å²) in [6, 6.07) is 16.1. The standard InChI is InChI=1S/C27H20ClFN4O2/c1-16-12-18(3-2-17-4-11-25(30)31-15-17)13-23(32-16)27(35)33-26(19-5-7-20(28)8-6-19)22-14-21(29)9-10-24(22)34/h4-15,26,34H,1H3,(H2,30,31)(H,33,35). The largest absolute Gasteiger partial charge is 0.508 e. The van der Waals surface area contributed by atoms with Crippen LogP contribution in [0.1, 0.15) is 44.5 Å². The number of nitrogen functional groups attached to an aromatic ring is 1. The van der Waals surface area contributed by atoms with Crippen LogP contribution >= 0.6 is 11.6 Å². The molecule has 8 heteroatoms. The maximum absolute atomic E-state index is 14.0. The number of aromatic nitrogens is 2. The van der Waals surface area contributed by atoms with Crippen LogP contribution in [0.15, 0.2) is 72.9 Å². The quantitative estimate of drug-likeness (QED) is 0.360. The van der Waals surface area contributed by atoms with E-state index in [1.54, 1.807) is 61.7 Å².